The first kappa shape index (κ1) is 20.4. The van der Waals surface area contributed by atoms with E-state index in [1.807, 2.05) is 72.8 Å². The maximum atomic E-state index is 12.9. The van der Waals surface area contributed by atoms with Gasteiger partial charge in [-0.25, -0.2) is 0 Å². The smallest absolute Gasteiger partial charge is 0.196 e. The van der Waals surface area contributed by atoms with Crippen LogP contribution in [0.25, 0.3) is 0 Å². The molecule has 2 N–H and O–H groups in total. The number of para-hydroxylation sites is 1. The molecule has 0 aliphatic rings. The van der Waals surface area contributed by atoms with Gasteiger partial charge >= 0.3 is 0 Å². The second-order valence-corrected chi connectivity index (χ2v) is 8.06. The zero-order chi connectivity index (χ0) is 21.8. The van der Waals surface area contributed by atoms with E-state index in [1.54, 1.807) is 6.07 Å². The predicted molar refractivity (Wildman–Crippen MR) is 126 cm³/mol. The number of ketones is 1. The van der Waals surface area contributed by atoms with Gasteiger partial charge in [0.2, 0.25) is 0 Å². The summed E-state index contributed by atoms with van der Waals surface area (Å²) in [6.45, 7) is 4.37. The number of anilines is 1. The third-order valence-corrected chi connectivity index (χ3v) is 5.60. The molecule has 0 atom stereocenters. The highest BCUT2D eigenvalue weighted by molar-refractivity contribution is 6.10. The molecule has 4 aromatic rings. The van der Waals surface area contributed by atoms with Crippen molar-refractivity contribution in [2.45, 2.75) is 19.3 Å². The third kappa shape index (κ3) is 4.36. The molecule has 0 radical (unpaired) electrons. The molecule has 0 fully saturated rings. The standard InChI is InChI=1S/C28H25NO2/c1-28(2,21-12-16-23(29)17-13-21)22-14-18-24(19-15-22)31-26-11-7-6-10-25(26)27(30)20-8-4-3-5-9-20/h3-19H,29H2,1-2H3. The highest BCUT2D eigenvalue weighted by Gasteiger charge is 2.23. The highest BCUT2D eigenvalue weighted by atomic mass is 16.5. The molecule has 0 aliphatic carbocycles. The first-order valence-electron chi connectivity index (χ1n) is 10.3. The van der Waals surface area contributed by atoms with Crippen molar-refractivity contribution in [1.82, 2.24) is 0 Å². The molecule has 0 heterocycles. The molecular weight excluding hydrogens is 382 g/mol. The first-order valence-corrected chi connectivity index (χ1v) is 10.3. The third-order valence-electron chi connectivity index (χ3n) is 5.60. The molecule has 0 aliphatic heterocycles. The van der Waals surface area contributed by atoms with E-state index < -0.39 is 0 Å². The maximum absolute atomic E-state index is 12.9. The molecule has 0 aromatic heterocycles. The number of carbonyl (C=O) groups is 1. The lowest BCUT2D eigenvalue weighted by molar-refractivity contribution is 0.103. The monoisotopic (exact) mass is 407 g/mol. The molecule has 154 valence electrons. The van der Waals surface area contributed by atoms with Crippen LogP contribution in [0, 0.1) is 0 Å². The van der Waals surface area contributed by atoms with Crippen molar-refractivity contribution in [3.8, 4) is 11.5 Å². The van der Waals surface area contributed by atoms with Gasteiger partial charge in [-0.05, 0) is 47.5 Å². The van der Waals surface area contributed by atoms with Gasteiger partial charge in [-0.3, -0.25) is 4.79 Å². The number of nitrogens with two attached hydrogens (primary N) is 1. The van der Waals surface area contributed by atoms with Crippen molar-refractivity contribution in [3.05, 3.63) is 125 Å². The van der Waals surface area contributed by atoms with Crippen molar-refractivity contribution in [1.29, 1.82) is 0 Å². The second-order valence-electron chi connectivity index (χ2n) is 8.06. The Morgan fingerprint density at radius 1 is 0.710 bits per heavy atom. The Labute approximate surface area is 183 Å². The van der Waals surface area contributed by atoms with Crippen LogP contribution < -0.4 is 10.5 Å². The number of ether oxygens (including phenoxy) is 1. The first-order chi connectivity index (χ1) is 14.9. The number of nitrogen functional groups attached to an aromatic ring is 1. The van der Waals surface area contributed by atoms with Crippen molar-refractivity contribution >= 4 is 11.5 Å². The van der Waals surface area contributed by atoms with Crippen LogP contribution >= 0.6 is 0 Å². The summed E-state index contributed by atoms with van der Waals surface area (Å²) in [6, 6.07) is 32.6. The van der Waals surface area contributed by atoms with Gasteiger partial charge in [0.05, 0.1) is 5.56 Å². The van der Waals surface area contributed by atoms with Crippen LogP contribution in [0.2, 0.25) is 0 Å². The molecule has 4 rings (SSSR count). The molecule has 3 nitrogen and oxygen atoms in total. The number of carbonyl (C=O) groups excluding carboxylic acids is 1. The van der Waals surface area contributed by atoms with E-state index in [0.29, 0.717) is 22.6 Å². The normalized spacial score (nSPS) is 11.2. The van der Waals surface area contributed by atoms with Crippen molar-refractivity contribution in [2.24, 2.45) is 0 Å². The van der Waals surface area contributed by atoms with Gasteiger partial charge in [-0.1, -0.05) is 80.6 Å². The van der Waals surface area contributed by atoms with Gasteiger partial charge in [0.25, 0.3) is 0 Å². The van der Waals surface area contributed by atoms with E-state index in [2.05, 4.69) is 38.1 Å². The average Bonchev–Trinajstić information content (AvgIpc) is 2.80. The van der Waals surface area contributed by atoms with E-state index in [4.69, 9.17) is 10.5 Å². The SMILES string of the molecule is CC(C)(c1ccc(N)cc1)c1ccc(Oc2ccccc2C(=O)c2ccccc2)cc1. The van der Waals surface area contributed by atoms with Gasteiger partial charge in [-0.2, -0.15) is 0 Å². The molecule has 3 heteroatoms. The summed E-state index contributed by atoms with van der Waals surface area (Å²) in [6.07, 6.45) is 0. The largest absolute Gasteiger partial charge is 0.457 e. The fourth-order valence-corrected chi connectivity index (χ4v) is 3.62. The summed E-state index contributed by atoms with van der Waals surface area (Å²) in [5.41, 5.74) is 9.95. The highest BCUT2D eigenvalue weighted by Crippen LogP contribution is 2.34. The van der Waals surface area contributed by atoms with Gasteiger partial charge in [0, 0.05) is 16.7 Å². The molecule has 0 bridgehead atoms. The van der Waals surface area contributed by atoms with Crippen LogP contribution in [0.4, 0.5) is 5.69 Å². The topological polar surface area (TPSA) is 52.3 Å². The summed E-state index contributed by atoms with van der Waals surface area (Å²) in [5.74, 6) is 1.17. The lowest BCUT2D eigenvalue weighted by Gasteiger charge is -2.26. The Hall–Kier alpha value is -3.85. The van der Waals surface area contributed by atoms with Crippen LogP contribution in [-0.4, -0.2) is 5.78 Å². The minimum absolute atomic E-state index is 0.0581. The van der Waals surface area contributed by atoms with E-state index in [1.165, 1.54) is 11.1 Å². The van der Waals surface area contributed by atoms with Crippen LogP contribution in [-0.2, 0) is 5.41 Å². The predicted octanol–water partition coefficient (Wildman–Crippen LogP) is 6.62. The number of rotatable bonds is 6. The Morgan fingerprint density at radius 2 is 1.26 bits per heavy atom. The lowest BCUT2D eigenvalue weighted by atomic mass is 9.78. The minimum atomic E-state index is -0.173. The van der Waals surface area contributed by atoms with Crippen LogP contribution in [0.5, 0.6) is 11.5 Å². The maximum Gasteiger partial charge on any atom is 0.196 e. The fourth-order valence-electron chi connectivity index (χ4n) is 3.62. The molecule has 0 saturated carbocycles. The summed E-state index contributed by atoms with van der Waals surface area (Å²) >= 11 is 0. The Balaban J connectivity index is 1.58. The molecule has 0 saturated heterocycles. The summed E-state index contributed by atoms with van der Waals surface area (Å²) < 4.78 is 6.10. The van der Waals surface area contributed by atoms with E-state index in [0.717, 1.165) is 5.69 Å². The fraction of sp³-hybridized carbons (Fsp3) is 0.107. The van der Waals surface area contributed by atoms with Gasteiger partial charge in [0.1, 0.15) is 11.5 Å². The summed E-state index contributed by atoms with van der Waals surface area (Å²) in [5, 5.41) is 0. The Kier molecular flexibility index (Phi) is 5.59. The minimum Gasteiger partial charge on any atom is -0.457 e. The molecule has 0 unspecified atom stereocenters. The van der Waals surface area contributed by atoms with Gasteiger partial charge in [-0.15, -0.1) is 0 Å². The Morgan fingerprint density at radius 3 is 1.90 bits per heavy atom. The van der Waals surface area contributed by atoms with Crippen molar-refractivity contribution in [2.75, 3.05) is 5.73 Å². The molecule has 31 heavy (non-hydrogen) atoms. The summed E-state index contributed by atoms with van der Waals surface area (Å²) in [7, 11) is 0. The molecular formula is C28H25NO2. The zero-order valence-electron chi connectivity index (χ0n) is 17.7. The Bertz CT molecular complexity index is 1180. The molecule has 4 aromatic carbocycles. The number of hydrogen-bond acceptors (Lipinski definition) is 3. The number of hydrogen-bond donors (Lipinski definition) is 1. The van der Waals surface area contributed by atoms with Crippen LogP contribution in [0.3, 0.4) is 0 Å². The zero-order valence-corrected chi connectivity index (χ0v) is 17.7. The van der Waals surface area contributed by atoms with Gasteiger partial charge < -0.3 is 10.5 Å². The quantitative estimate of drug-likeness (QED) is 0.289. The number of benzene rings is 4. The average molecular weight is 408 g/mol. The van der Waals surface area contributed by atoms with Gasteiger partial charge in [0.15, 0.2) is 5.78 Å². The van der Waals surface area contributed by atoms with Crippen LogP contribution in [0.15, 0.2) is 103 Å². The van der Waals surface area contributed by atoms with Crippen molar-refractivity contribution < 1.29 is 9.53 Å². The van der Waals surface area contributed by atoms with E-state index in [-0.39, 0.29) is 11.2 Å². The van der Waals surface area contributed by atoms with Crippen molar-refractivity contribution in [3.63, 3.8) is 0 Å². The van der Waals surface area contributed by atoms with E-state index in [9.17, 15) is 4.79 Å². The lowest BCUT2D eigenvalue weighted by Crippen LogP contribution is -2.18. The molecule has 0 spiro atoms. The van der Waals surface area contributed by atoms with E-state index >= 15 is 0 Å². The molecule has 0 amide bonds. The summed E-state index contributed by atoms with van der Waals surface area (Å²) in [4.78, 5) is 12.9. The second kappa shape index (κ2) is 8.49. The van der Waals surface area contributed by atoms with Crippen LogP contribution in [0.1, 0.15) is 40.9 Å².